The minimum absolute atomic E-state index is 0.711. The Labute approximate surface area is 74.9 Å². The van der Waals surface area contributed by atoms with Gasteiger partial charge in [0, 0.05) is 19.7 Å². The van der Waals surface area contributed by atoms with Crippen LogP contribution in [0.25, 0.3) is 0 Å². The van der Waals surface area contributed by atoms with Gasteiger partial charge in [-0.3, -0.25) is 4.90 Å². The van der Waals surface area contributed by atoms with E-state index in [-0.39, 0.29) is 0 Å². The maximum Gasteiger partial charge on any atom is 0.0618 e. The topological polar surface area (TPSA) is 12.5 Å². The van der Waals surface area contributed by atoms with Gasteiger partial charge >= 0.3 is 0 Å². The largest absolute Gasteiger partial charge is 0.383 e. The first-order chi connectivity index (χ1) is 5.79. The summed E-state index contributed by atoms with van der Waals surface area (Å²) in [5.41, 5.74) is 0.735. The van der Waals surface area contributed by atoms with Crippen molar-refractivity contribution in [2.45, 2.75) is 32.2 Å². The first-order valence-electron chi connectivity index (χ1n) is 5.03. The lowest BCUT2D eigenvalue weighted by Gasteiger charge is -2.21. The number of hydrogen-bond acceptors (Lipinski definition) is 2. The molecule has 1 aliphatic heterocycles. The number of ether oxygens (including phenoxy) is 1. The molecule has 1 heterocycles. The van der Waals surface area contributed by atoms with Gasteiger partial charge in [-0.2, -0.15) is 0 Å². The standard InChI is InChI=1S/C10H19NO/c1-3-11-8-10(4-5-10)6-9(11)7-12-2/h9H,3-8H2,1-2H3. The van der Waals surface area contributed by atoms with E-state index in [1.54, 1.807) is 0 Å². The Bertz CT molecular complexity index is 165. The van der Waals surface area contributed by atoms with Crippen molar-refractivity contribution >= 4 is 0 Å². The summed E-state index contributed by atoms with van der Waals surface area (Å²) in [5, 5.41) is 0. The average Bonchev–Trinajstić information content (AvgIpc) is 2.70. The van der Waals surface area contributed by atoms with Crippen LogP contribution < -0.4 is 0 Å². The summed E-state index contributed by atoms with van der Waals surface area (Å²) in [5.74, 6) is 0. The van der Waals surface area contributed by atoms with Gasteiger partial charge in [0.25, 0.3) is 0 Å². The summed E-state index contributed by atoms with van der Waals surface area (Å²) in [7, 11) is 1.81. The Hall–Kier alpha value is -0.0800. The maximum atomic E-state index is 5.24. The van der Waals surface area contributed by atoms with Crippen molar-refractivity contribution in [3.63, 3.8) is 0 Å². The molecule has 0 N–H and O–H groups in total. The molecule has 12 heavy (non-hydrogen) atoms. The van der Waals surface area contributed by atoms with E-state index in [0.29, 0.717) is 6.04 Å². The molecule has 0 aromatic carbocycles. The number of methoxy groups -OCH3 is 1. The molecule has 1 saturated carbocycles. The highest BCUT2D eigenvalue weighted by atomic mass is 16.5. The Kier molecular flexibility index (Phi) is 2.13. The second kappa shape index (κ2) is 3.00. The van der Waals surface area contributed by atoms with Crippen LogP contribution in [0.4, 0.5) is 0 Å². The molecule has 0 aromatic rings. The van der Waals surface area contributed by atoms with Gasteiger partial charge in [-0.05, 0) is 31.2 Å². The van der Waals surface area contributed by atoms with E-state index in [1.807, 2.05) is 7.11 Å². The third-order valence-corrected chi connectivity index (χ3v) is 3.45. The van der Waals surface area contributed by atoms with Gasteiger partial charge in [-0.25, -0.2) is 0 Å². The van der Waals surface area contributed by atoms with Gasteiger partial charge in [-0.15, -0.1) is 0 Å². The molecular formula is C10H19NO. The van der Waals surface area contributed by atoms with Gasteiger partial charge in [0.15, 0.2) is 0 Å². The molecule has 70 valence electrons. The molecule has 0 bridgehead atoms. The van der Waals surface area contributed by atoms with Crippen LogP contribution in [0.1, 0.15) is 26.2 Å². The molecule has 1 saturated heterocycles. The smallest absolute Gasteiger partial charge is 0.0618 e. The third-order valence-electron chi connectivity index (χ3n) is 3.45. The summed E-state index contributed by atoms with van der Waals surface area (Å²) in [6, 6.07) is 0.711. The Morgan fingerprint density at radius 1 is 1.50 bits per heavy atom. The summed E-state index contributed by atoms with van der Waals surface area (Å²) in [6.45, 7) is 5.70. The van der Waals surface area contributed by atoms with E-state index in [9.17, 15) is 0 Å². The van der Waals surface area contributed by atoms with Crippen LogP contribution in [0.5, 0.6) is 0 Å². The van der Waals surface area contributed by atoms with Crippen molar-refractivity contribution in [3.05, 3.63) is 0 Å². The predicted molar refractivity (Wildman–Crippen MR) is 49.2 cm³/mol. The minimum atomic E-state index is 0.711. The number of nitrogens with zero attached hydrogens (tertiary/aromatic N) is 1. The number of hydrogen-bond donors (Lipinski definition) is 0. The molecule has 2 nitrogen and oxygen atoms in total. The molecule has 2 fully saturated rings. The fourth-order valence-electron chi connectivity index (χ4n) is 2.52. The molecule has 0 aromatic heterocycles. The first-order valence-corrected chi connectivity index (χ1v) is 5.03. The van der Waals surface area contributed by atoms with Crippen LogP contribution in [0, 0.1) is 5.41 Å². The monoisotopic (exact) mass is 169 g/mol. The van der Waals surface area contributed by atoms with E-state index in [2.05, 4.69) is 11.8 Å². The molecule has 1 unspecified atom stereocenters. The van der Waals surface area contributed by atoms with Crippen LogP contribution in [0.3, 0.4) is 0 Å². The van der Waals surface area contributed by atoms with Gasteiger partial charge < -0.3 is 4.74 Å². The zero-order valence-corrected chi connectivity index (χ0v) is 8.18. The van der Waals surface area contributed by atoms with Crippen molar-refractivity contribution in [2.75, 3.05) is 26.8 Å². The zero-order valence-electron chi connectivity index (χ0n) is 8.18. The molecular weight excluding hydrogens is 150 g/mol. The summed E-state index contributed by atoms with van der Waals surface area (Å²) in [4.78, 5) is 2.58. The summed E-state index contributed by atoms with van der Waals surface area (Å²) >= 11 is 0. The normalized spacial score (nSPS) is 33.0. The Morgan fingerprint density at radius 2 is 2.25 bits per heavy atom. The van der Waals surface area contributed by atoms with Crippen molar-refractivity contribution in [2.24, 2.45) is 5.41 Å². The number of likely N-dealkylation sites (N-methyl/N-ethyl adjacent to an activating group) is 1. The van der Waals surface area contributed by atoms with Crippen LogP contribution in [-0.2, 0) is 4.74 Å². The van der Waals surface area contributed by atoms with Crippen molar-refractivity contribution < 1.29 is 4.74 Å². The zero-order chi connectivity index (χ0) is 8.60. The van der Waals surface area contributed by atoms with E-state index >= 15 is 0 Å². The van der Waals surface area contributed by atoms with E-state index < -0.39 is 0 Å². The van der Waals surface area contributed by atoms with E-state index in [1.165, 1.54) is 32.4 Å². The molecule has 2 rings (SSSR count). The molecule has 1 aliphatic carbocycles. The highest BCUT2D eigenvalue weighted by molar-refractivity contribution is 5.04. The fourth-order valence-corrected chi connectivity index (χ4v) is 2.52. The lowest BCUT2D eigenvalue weighted by atomic mass is 10.0. The second-order valence-corrected chi connectivity index (χ2v) is 4.38. The average molecular weight is 169 g/mol. The quantitative estimate of drug-likeness (QED) is 0.635. The molecule has 2 aliphatic rings. The van der Waals surface area contributed by atoms with Crippen molar-refractivity contribution in [1.82, 2.24) is 4.90 Å². The maximum absolute atomic E-state index is 5.24. The molecule has 0 radical (unpaired) electrons. The third kappa shape index (κ3) is 1.38. The lowest BCUT2D eigenvalue weighted by molar-refractivity contribution is 0.119. The SMILES string of the molecule is CCN1CC2(CC2)CC1COC. The van der Waals surface area contributed by atoms with Crippen molar-refractivity contribution in [1.29, 1.82) is 0 Å². The van der Waals surface area contributed by atoms with Crippen LogP contribution in [0.15, 0.2) is 0 Å². The number of likely N-dealkylation sites (tertiary alicyclic amines) is 1. The molecule has 0 amide bonds. The van der Waals surface area contributed by atoms with Gasteiger partial charge in [0.1, 0.15) is 0 Å². The Morgan fingerprint density at radius 3 is 2.75 bits per heavy atom. The molecule has 1 atom stereocenters. The fraction of sp³-hybridized carbons (Fsp3) is 1.00. The van der Waals surface area contributed by atoms with E-state index in [0.717, 1.165) is 12.0 Å². The van der Waals surface area contributed by atoms with Gasteiger partial charge in [0.2, 0.25) is 0 Å². The Balaban J connectivity index is 1.93. The van der Waals surface area contributed by atoms with Crippen LogP contribution >= 0.6 is 0 Å². The first kappa shape index (κ1) is 8.52. The van der Waals surface area contributed by atoms with Crippen LogP contribution in [-0.4, -0.2) is 37.7 Å². The van der Waals surface area contributed by atoms with Gasteiger partial charge in [-0.1, -0.05) is 6.92 Å². The second-order valence-electron chi connectivity index (χ2n) is 4.38. The summed E-state index contributed by atoms with van der Waals surface area (Å²) < 4.78 is 5.24. The van der Waals surface area contributed by atoms with Gasteiger partial charge in [0.05, 0.1) is 6.61 Å². The van der Waals surface area contributed by atoms with E-state index in [4.69, 9.17) is 4.74 Å². The molecule has 2 heteroatoms. The number of rotatable bonds is 3. The van der Waals surface area contributed by atoms with Crippen LogP contribution in [0.2, 0.25) is 0 Å². The minimum Gasteiger partial charge on any atom is -0.383 e. The highest BCUT2D eigenvalue weighted by Crippen LogP contribution is 2.54. The molecule has 1 spiro atoms. The van der Waals surface area contributed by atoms with Crippen molar-refractivity contribution in [3.8, 4) is 0 Å². The predicted octanol–water partition coefficient (Wildman–Crippen LogP) is 1.51. The highest BCUT2D eigenvalue weighted by Gasteiger charge is 2.51. The summed E-state index contributed by atoms with van der Waals surface area (Å²) in [6.07, 6.45) is 4.31. The lowest BCUT2D eigenvalue weighted by Crippen LogP contribution is -2.32.